The molecule has 1 heterocycles. The molecule has 0 aliphatic heterocycles. The van der Waals surface area contributed by atoms with Crippen molar-refractivity contribution in [1.82, 2.24) is 9.36 Å². The summed E-state index contributed by atoms with van der Waals surface area (Å²) in [6.07, 6.45) is 1.78. The van der Waals surface area contributed by atoms with E-state index in [1.807, 2.05) is 12.1 Å². The maximum atomic E-state index is 11.8. The third kappa shape index (κ3) is 4.62. The van der Waals surface area contributed by atoms with Gasteiger partial charge in [-0.3, -0.25) is 5.32 Å². The molecule has 1 aromatic carbocycles. The molecule has 0 saturated carbocycles. The van der Waals surface area contributed by atoms with Crippen LogP contribution in [0.5, 0.6) is 0 Å². The summed E-state index contributed by atoms with van der Waals surface area (Å²) in [5.74, 6) is 0.737. The number of hydrogen-bond donors (Lipinski definition) is 2. The highest BCUT2D eigenvalue weighted by molar-refractivity contribution is 9.10. The van der Waals surface area contributed by atoms with E-state index < -0.39 is 0 Å². The Labute approximate surface area is 133 Å². The average Bonchev–Trinajstić information content (AvgIpc) is 2.86. The van der Waals surface area contributed by atoms with Crippen molar-refractivity contribution >= 4 is 56.1 Å². The molecule has 0 spiro atoms. The van der Waals surface area contributed by atoms with Gasteiger partial charge in [-0.15, -0.1) is 6.58 Å². The number of hydrogen-bond acceptors (Lipinski definition) is 5. The van der Waals surface area contributed by atoms with Crippen molar-refractivity contribution in [3.8, 4) is 0 Å². The van der Waals surface area contributed by atoms with E-state index in [0.29, 0.717) is 16.0 Å². The number of anilines is 2. The lowest BCUT2D eigenvalue weighted by atomic mass is 10.3. The summed E-state index contributed by atoms with van der Waals surface area (Å²) >= 11 is 5.95. The van der Waals surface area contributed by atoms with E-state index in [4.69, 9.17) is 0 Å². The van der Waals surface area contributed by atoms with Gasteiger partial charge in [-0.05, 0) is 24.3 Å². The molecule has 0 bridgehead atoms. The predicted molar refractivity (Wildman–Crippen MR) is 87.6 cm³/mol. The summed E-state index contributed by atoms with van der Waals surface area (Å²) in [5.41, 5.74) is 0.705. The third-order valence-electron chi connectivity index (χ3n) is 2.06. The fourth-order valence-electron chi connectivity index (χ4n) is 1.25. The number of urea groups is 1. The predicted octanol–water partition coefficient (Wildman–Crippen LogP) is 4.22. The van der Waals surface area contributed by atoms with Crippen LogP contribution in [0.15, 0.2) is 46.5 Å². The molecule has 2 rings (SSSR count). The second kappa shape index (κ2) is 7.41. The number of rotatable bonds is 5. The molecular weight excluding hydrogens is 360 g/mol. The van der Waals surface area contributed by atoms with Crippen molar-refractivity contribution < 1.29 is 4.79 Å². The molecule has 0 aliphatic carbocycles. The monoisotopic (exact) mass is 370 g/mol. The van der Waals surface area contributed by atoms with E-state index in [9.17, 15) is 4.79 Å². The number of thioether (sulfide) groups is 1. The number of halogens is 1. The number of aromatic nitrogens is 2. The number of amides is 2. The minimum Gasteiger partial charge on any atom is -0.308 e. The summed E-state index contributed by atoms with van der Waals surface area (Å²) in [6.45, 7) is 3.63. The maximum Gasteiger partial charge on any atom is 0.325 e. The maximum absolute atomic E-state index is 11.8. The molecule has 0 atom stereocenters. The first-order valence-corrected chi connectivity index (χ1v) is 8.13. The van der Waals surface area contributed by atoms with E-state index in [0.717, 1.165) is 21.8 Å². The van der Waals surface area contributed by atoms with Gasteiger partial charge >= 0.3 is 6.03 Å². The number of carbonyl (C=O) groups excluding carboxylic acids is 1. The standard InChI is InChI=1S/C12H11BrN4OS2/c1-2-7-19-12-16-11(20-17-12)15-10(18)14-9-5-3-8(13)4-6-9/h2-6H,1,7H2,(H2,14,15,16,17,18). The highest BCUT2D eigenvalue weighted by atomic mass is 79.9. The van der Waals surface area contributed by atoms with E-state index >= 15 is 0 Å². The molecule has 2 amide bonds. The minimum atomic E-state index is -0.344. The Bertz CT molecular complexity index is 600. The van der Waals surface area contributed by atoms with Gasteiger partial charge in [-0.25, -0.2) is 4.79 Å². The van der Waals surface area contributed by atoms with E-state index in [-0.39, 0.29) is 6.03 Å². The van der Waals surface area contributed by atoms with Gasteiger partial charge in [-0.2, -0.15) is 9.36 Å². The molecule has 0 fully saturated rings. The normalized spacial score (nSPS) is 10.1. The van der Waals surface area contributed by atoms with Gasteiger partial charge in [0.05, 0.1) is 0 Å². The molecule has 0 unspecified atom stereocenters. The zero-order chi connectivity index (χ0) is 14.4. The Hall–Kier alpha value is -1.38. The largest absolute Gasteiger partial charge is 0.325 e. The Morgan fingerprint density at radius 1 is 1.40 bits per heavy atom. The van der Waals surface area contributed by atoms with Crippen molar-refractivity contribution in [2.45, 2.75) is 5.16 Å². The topological polar surface area (TPSA) is 66.9 Å². The van der Waals surface area contributed by atoms with Gasteiger partial charge in [0.15, 0.2) is 0 Å². The Morgan fingerprint density at radius 2 is 2.15 bits per heavy atom. The summed E-state index contributed by atoms with van der Waals surface area (Å²) in [6, 6.07) is 6.96. The van der Waals surface area contributed by atoms with Crippen LogP contribution in [-0.4, -0.2) is 21.1 Å². The highest BCUT2D eigenvalue weighted by Crippen LogP contribution is 2.20. The molecule has 0 saturated heterocycles. The molecule has 104 valence electrons. The van der Waals surface area contributed by atoms with Crippen LogP contribution in [-0.2, 0) is 0 Å². The first-order valence-electron chi connectivity index (χ1n) is 5.58. The molecule has 0 aliphatic rings. The Morgan fingerprint density at radius 3 is 2.85 bits per heavy atom. The molecule has 8 heteroatoms. The second-order valence-corrected chi connectivity index (χ2v) is 6.22. The summed E-state index contributed by atoms with van der Waals surface area (Å²) < 4.78 is 5.08. The number of benzene rings is 1. The van der Waals surface area contributed by atoms with Crippen LogP contribution in [0.2, 0.25) is 0 Å². The minimum absolute atomic E-state index is 0.344. The lowest BCUT2D eigenvalue weighted by Gasteiger charge is -2.04. The average molecular weight is 371 g/mol. The van der Waals surface area contributed by atoms with E-state index in [1.165, 1.54) is 11.8 Å². The second-order valence-electron chi connectivity index (χ2n) is 3.57. The number of carbonyl (C=O) groups is 1. The SMILES string of the molecule is C=CCSc1nsc(NC(=O)Nc2ccc(Br)cc2)n1. The first-order chi connectivity index (χ1) is 9.67. The van der Waals surface area contributed by atoms with Crippen LogP contribution in [0.1, 0.15) is 0 Å². The molecule has 2 aromatic rings. The molecule has 20 heavy (non-hydrogen) atoms. The van der Waals surface area contributed by atoms with Crippen LogP contribution < -0.4 is 10.6 Å². The quantitative estimate of drug-likeness (QED) is 0.610. The Balaban J connectivity index is 1.89. The van der Waals surface area contributed by atoms with Crippen LogP contribution in [0, 0.1) is 0 Å². The fraction of sp³-hybridized carbons (Fsp3) is 0.0833. The van der Waals surface area contributed by atoms with Crippen molar-refractivity contribution in [2.75, 3.05) is 16.4 Å². The smallest absolute Gasteiger partial charge is 0.308 e. The van der Waals surface area contributed by atoms with Crippen LogP contribution >= 0.6 is 39.2 Å². The molecule has 2 N–H and O–H groups in total. The van der Waals surface area contributed by atoms with Gasteiger partial charge in [0.1, 0.15) is 0 Å². The Kier molecular flexibility index (Phi) is 5.57. The van der Waals surface area contributed by atoms with Gasteiger partial charge in [0.2, 0.25) is 10.3 Å². The van der Waals surface area contributed by atoms with Crippen molar-refractivity contribution in [1.29, 1.82) is 0 Å². The van der Waals surface area contributed by atoms with Crippen molar-refractivity contribution in [3.63, 3.8) is 0 Å². The number of nitrogens with zero attached hydrogens (tertiary/aromatic N) is 2. The highest BCUT2D eigenvalue weighted by Gasteiger charge is 2.08. The number of nitrogens with one attached hydrogen (secondary N) is 2. The van der Waals surface area contributed by atoms with Gasteiger partial charge < -0.3 is 5.32 Å². The van der Waals surface area contributed by atoms with Gasteiger partial charge in [0, 0.05) is 27.4 Å². The lowest BCUT2D eigenvalue weighted by Crippen LogP contribution is -2.19. The lowest BCUT2D eigenvalue weighted by molar-refractivity contribution is 0.262. The van der Waals surface area contributed by atoms with Crippen LogP contribution in [0.4, 0.5) is 15.6 Å². The molecule has 0 radical (unpaired) electrons. The fourth-order valence-corrected chi connectivity index (χ4v) is 2.78. The zero-order valence-electron chi connectivity index (χ0n) is 10.3. The van der Waals surface area contributed by atoms with E-state index in [1.54, 1.807) is 18.2 Å². The molecule has 1 aromatic heterocycles. The van der Waals surface area contributed by atoms with Crippen LogP contribution in [0.3, 0.4) is 0 Å². The van der Waals surface area contributed by atoms with Gasteiger partial charge in [0.25, 0.3) is 0 Å². The van der Waals surface area contributed by atoms with Gasteiger partial charge in [-0.1, -0.05) is 33.8 Å². The van der Waals surface area contributed by atoms with E-state index in [2.05, 4.69) is 42.5 Å². The summed E-state index contributed by atoms with van der Waals surface area (Å²) in [7, 11) is 0. The molecular formula is C12H11BrN4OS2. The van der Waals surface area contributed by atoms with Crippen molar-refractivity contribution in [3.05, 3.63) is 41.4 Å². The third-order valence-corrected chi connectivity index (χ3v) is 4.18. The summed E-state index contributed by atoms with van der Waals surface area (Å²) in [5, 5.41) is 6.46. The van der Waals surface area contributed by atoms with Crippen molar-refractivity contribution in [2.24, 2.45) is 0 Å². The van der Waals surface area contributed by atoms with Crippen LogP contribution in [0.25, 0.3) is 0 Å². The summed E-state index contributed by atoms with van der Waals surface area (Å²) in [4.78, 5) is 16.0. The first kappa shape index (κ1) is 15.0. The molecule has 5 nitrogen and oxygen atoms in total. The zero-order valence-corrected chi connectivity index (χ0v) is 13.5.